The lowest BCUT2D eigenvalue weighted by Gasteiger charge is -2.09. The summed E-state index contributed by atoms with van der Waals surface area (Å²) in [7, 11) is 1.90. The van der Waals surface area contributed by atoms with Crippen LogP contribution in [-0.4, -0.2) is 10.5 Å². The maximum absolute atomic E-state index is 12.6. The number of nitrogens with zero attached hydrogens (tertiary/aromatic N) is 1. The highest BCUT2D eigenvalue weighted by Crippen LogP contribution is 2.26. The van der Waals surface area contributed by atoms with E-state index in [0.29, 0.717) is 16.4 Å². The highest BCUT2D eigenvalue weighted by molar-refractivity contribution is 6.33. The van der Waals surface area contributed by atoms with Gasteiger partial charge in [0.2, 0.25) is 0 Å². The van der Waals surface area contributed by atoms with E-state index in [0.717, 1.165) is 16.5 Å². The molecule has 0 fully saturated rings. The number of fused-ring (bicyclic) bond motifs is 1. The molecule has 0 radical (unpaired) electrons. The number of rotatable bonds is 2. The van der Waals surface area contributed by atoms with Crippen LogP contribution in [0.3, 0.4) is 0 Å². The minimum absolute atomic E-state index is 0.153. The van der Waals surface area contributed by atoms with Crippen molar-refractivity contribution in [3.05, 3.63) is 64.8 Å². The minimum atomic E-state index is -0.153. The van der Waals surface area contributed by atoms with Gasteiger partial charge in [0.25, 0.3) is 5.91 Å². The fourth-order valence-electron chi connectivity index (χ4n) is 2.65. The van der Waals surface area contributed by atoms with E-state index in [1.54, 1.807) is 12.1 Å². The molecule has 1 amide bonds. The Hall–Kier alpha value is -2.26. The average molecular weight is 299 g/mol. The molecule has 1 aromatic heterocycles. The van der Waals surface area contributed by atoms with Crippen LogP contribution in [-0.2, 0) is 7.05 Å². The summed E-state index contributed by atoms with van der Waals surface area (Å²) < 4.78 is 1.91. The first kappa shape index (κ1) is 13.7. The summed E-state index contributed by atoms with van der Waals surface area (Å²) in [5.74, 6) is -0.153. The molecule has 2 aromatic carbocycles. The van der Waals surface area contributed by atoms with E-state index in [1.165, 1.54) is 0 Å². The average Bonchev–Trinajstić information content (AvgIpc) is 2.74. The molecule has 3 rings (SSSR count). The molecular weight excluding hydrogens is 284 g/mol. The van der Waals surface area contributed by atoms with Crippen molar-refractivity contribution in [3.8, 4) is 0 Å². The standard InChI is InChI=1S/C17H15ClN2O/c1-11-12-7-3-6-10-15(12)20(2)16(11)17(21)19-14-9-5-4-8-13(14)18/h3-10H,1-2H3,(H,19,21). The number of hydrogen-bond donors (Lipinski definition) is 1. The van der Waals surface area contributed by atoms with E-state index in [-0.39, 0.29) is 5.91 Å². The first-order chi connectivity index (χ1) is 10.1. The molecule has 3 nitrogen and oxygen atoms in total. The summed E-state index contributed by atoms with van der Waals surface area (Å²) in [5, 5.41) is 4.49. The number of hydrogen-bond acceptors (Lipinski definition) is 1. The molecule has 0 aliphatic rings. The van der Waals surface area contributed by atoms with Crippen molar-refractivity contribution in [1.29, 1.82) is 0 Å². The molecule has 1 N–H and O–H groups in total. The fraction of sp³-hybridized carbons (Fsp3) is 0.118. The van der Waals surface area contributed by atoms with E-state index in [4.69, 9.17) is 11.6 Å². The molecule has 0 bridgehead atoms. The monoisotopic (exact) mass is 298 g/mol. The second-order valence-electron chi connectivity index (χ2n) is 4.98. The van der Waals surface area contributed by atoms with Crippen LogP contribution >= 0.6 is 11.6 Å². The number of carbonyl (C=O) groups excluding carboxylic acids is 1. The molecule has 4 heteroatoms. The van der Waals surface area contributed by atoms with Crippen LogP contribution in [0, 0.1) is 6.92 Å². The van der Waals surface area contributed by atoms with Gasteiger partial charge in [-0.1, -0.05) is 41.9 Å². The van der Waals surface area contributed by atoms with Gasteiger partial charge in [0.1, 0.15) is 5.69 Å². The fourth-order valence-corrected chi connectivity index (χ4v) is 2.83. The van der Waals surface area contributed by atoms with Crippen LogP contribution in [0.25, 0.3) is 10.9 Å². The molecule has 0 saturated heterocycles. The molecule has 3 aromatic rings. The second kappa shape index (κ2) is 5.26. The van der Waals surface area contributed by atoms with Crippen molar-refractivity contribution in [2.24, 2.45) is 7.05 Å². The topological polar surface area (TPSA) is 34.0 Å². The van der Waals surface area contributed by atoms with E-state index in [9.17, 15) is 4.79 Å². The highest BCUT2D eigenvalue weighted by atomic mass is 35.5. The van der Waals surface area contributed by atoms with Gasteiger partial charge in [0.15, 0.2) is 0 Å². The normalized spacial score (nSPS) is 10.8. The van der Waals surface area contributed by atoms with Gasteiger partial charge in [-0.25, -0.2) is 0 Å². The zero-order chi connectivity index (χ0) is 15.0. The predicted octanol–water partition coefficient (Wildman–Crippen LogP) is 4.39. The smallest absolute Gasteiger partial charge is 0.272 e. The molecule has 0 saturated carbocycles. The van der Waals surface area contributed by atoms with Crippen molar-refractivity contribution in [1.82, 2.24) is 4.57 Å². The van der Waals surface area contributed by atoms with Crippen molar-refractivity contribution in [2.75, 3.05) is 5.32 Å². The number of halogens is 1. The van der Waals surface area contributed by atoms with Crippen LogP contribution in [0.15, 0.2) is 48.5 Å². The number of amides is 1. The predicted molar refractivity (Wildman–Crippen MR) is 87.1 cm³/mol. The van der Waals surface area contributed by atoms with Crippen LogP contribution in [0.4, 0.5) is 5.69 Å². The van der Waals surface area contributed by atoms with Gasteiger partial charge in [-0.05, 0) is 30.7 Å². The first-order valence-corrected chi connectivity index (χ1v) is 7.07. The number of benzene rings is 2. The van der Waals surface area contributed by atoms with Crippen molar-refractivity contribution >= 4 is 34.1 Å². The van der Waals surface area contributed by atoms with Gasteiger partial charge in [-0.3, -0.25) is 4.79 Å². The maximum Gasteiger partial charge on any atom is 0.272 e. The SMILES string of the molecule is Cc1c(C(=O)Nc2ccccc2Cl)n(C)c2ccccc12. The van der Waals surface area contributed by atoms with Gasteiger partial charge in [-0.15, -0.1) is 0 Å². The Bertz CT molecular complexity index is 797. The third-order valence-electron chi connectivity index (χ3n) is 3.70. The van der Waals surface area contributed by atoms with E-state index in [2.05, 4.69) is 5.32 Å². The Morgan fingerprint density at radius 1 is 1.10 bits per heavy atom. The molecule has 0 spiro atoms. The van der Waals surface area contributed by atoms with Crippen molar-refractivity contribution < 1.29 is 4.79 Å². The summed E-state index contributed by atoms with van der Waals surface area (Å²) in [5.41, 5.74) is 3.28. The zero-order valence-electron chi connectivity index (χ0n) is 11.9. The van der Waals surface area contributed by atoms with Gasteiger partial charge in [0.05, 0.1) is 10.7 Å². The molecule has 21 heavy (non-hydrogen) atoms. The van der Waals surface area contributed by atoms with Crippen LogP contribution in [0.1, 0.15) is 16.1 Å². The maximum atomic E-state index is 12.6. The van der Waals surface area contributed by atoms with E-state index in [1.807, 2.05) is 54.9 Å². The minimum Gasteiger partial charge on any atom is -0.339 e. The van der Waals surface area contributed by atoms with Crippen LogP contribution < -0.4 is 5.32 Å². The van der Waals surface area contributed by atoms with Gasteiger partial charge in [0, 0.05) is 18.0 Å². The van der Waals surface area contributed by atoms with Gasteiger partial charge < -0.3 is 9.88 Å². The number of aromatic nitrogens is 1. The second-order valence-corrected chi connectivity index (χ2v) is 5.39. The lowest BCUT2D eigenvalue weighted by Crippen LogP contribution is -2.17. The number of para-hydroxylation sites is 2. The largest absolute Gasteiger partial charge is 0.339 e. The van der Waals surface area contributed by atoms with Gasteiger partial charge >= 0.3 is 0 Å². The molecule has 0 aliphatic heterocycles. The first-order valence-electron chi connectivity index (χ1n) is 6.69. The lowest BCUT2D eigenvalue weighted by atomic mass is 10.1. The Morgan fingerprint density at radius 3 is 2.48 bits per heavy atom. The lowest BCUT2D eigenvalue weighted by molar-refractivity contribution is 0.101. The molecule has 106 valence electrons. The summed E-state index contributed by atoms with van der Waals surface area (Å²) in [4.78, 5) is 12.6. The molecule has 0 atom stereocenters. The quantitative estimate of drug-likeness (QED) is 0.748. The zero-order valence-corrected chi connectivity index (χ0v) is 12.6. The van der Waals surface area contributed by atoms with E-state index >= 15 is 0 Å². The molecular formula is C17H15ClN2O. The molecule has 0 aliphatic carbocycles. The summed E-state index contributed by atoms with van der Waals surface area (Å²) in [6.45, 7) is 1.96. The Morgan fingerprint density at radius 2 is 1.76 bits per heavy atom. The number of nitrogens with one attached hydrogen (secondary N) is 1. The van der Waals surface area contributed by atoms with Crippen molar-refractivity contribution in [3.63, 3.8) is 0 Å². The number of anilines is 1. The summed E-state index contributed by atoms with van der Waals surface area (Å²) in [6, 6.07) is 15.2. The van der Waals surface area contributed by atoms with Crippen LogP contribution in [0.2, 0.25) is 5.02 Å². The Balaban J connectivity index is 2.05. The van der Waals surface area contributed by atoms with Crippen molar-refractivity contribution in [2.45, 2.75) is 6.92 Å². The number of aryl methyl sites for hydroxylation is 2. The highest BCUT2D eigenvalue weighted by Gasteiger charge is 2.18. The molecule has 0 unspecified atom stereocenters. The third kappa shape index (κ3) is 2.30. The summed E-state index contributed by atoms with van der Waals surface area (Å²) in [6.07, 6.45) is 0. The van der Waals surface area contributed by atoms with Crippen LogP contribution in [0.5, 0.6) is 0 Å². The summed E-state index contributed by atoms with van der Waals surface area (Å²) >= 11 is 6.09. The Kier molecular flexibility index (Phi) is 3.43. The Labute approximate surface area is 128 Å². The van der Waals surface area contributed by atoms with E-state index < -0.39 is 0 Å². The number of carbonyl (C=O) groups is 1. The molecule has 1 heterocycles. The van der Waals surface area contributed by atoms with Gasteiger partial charge in [-0.2, -0.15) is 0 Å². The third-order valence-corrected chi connectivity index (χ3v) is 4.03.